The van der Waals surface area contributed by atoms with Crippen molar-refractivity contribution < 1.29 is 19.4 Å². The molecule has 1 unspecified atom stereocenters. The lowest BCUT2D eigenvalue weighted by atomic mass is 10.0. The van der Waals surface area contributed by atoms with Crippen molar-refractivity contribution in [3.8, 4) is 0 Å². The molecule has 1 aromatic carbocycles. The first-order chi connectivity index (χ1) is 8.99. The molecule has 0 aromatic heterocycles. The number of aliphatic hydroxyl groups is 1. The van der Waals surface area contributed by atoms with Gasteiger partial charge in [0.05, 0.1) is 16.9 Å². The van der Waals surface area contributed by atoms with Gasteiger partial charge in [-0.05, 0) is 24.5 Å². The fraction of sp³-hybridized carbons (Fsp3) is 0.462. The summed E-state index contributed by atoms with van der Waals surface area (Å²) in [4.78, 5) is 10.7. The van der Waals surface area contributed by atoms with E-state index in [4.69, 9.17) is 15.9 Å². The Morgan fingerprint density at radius 2 is 2.21 bits per heavy atom. The van der Waals surface area contributed by atoms with Gasteiger partial charge in [0, 0.05) is 13.2 Å². The van der Waals surface area contributed by atoms with Crippen molar-refractivity contribution in [3.05, 3.63) is 23.5 Å². The second-order valence-electron chi connectivity index (χ2n) is 4.39. The van der Waals surface area contributed by atoms with Crippen molar-refractivity contribution in [2.24, 2.45) is 5.92 Å². The molecule has 0 bridgehead atoms. The van der Waals surface area contributed by atoms with Gasteiger partial charge in [-0.1, -0.05) is 13.3 Å². The number of carbonyl (C=O) groups is 1. The van der Waals surface area contributed by atoms with E-state index in [2.05, 4.69) is 5.32 Å². The molecular formula is C13H19FN2O3. The Hall–Kier alpha value is -1.82. The molecule has 0 saturated heterocycles. The van der Waals surface area contributed by atoms with Crippen LogP contribution in [0.5, 0.6) is 0 Å². The van der Waals surface area contributed by atoms with Crippen LogP contribution in [0.15, 0.2) is 12.1 Å². The highest BCUT2D eigenvalue weighted by Crippen LogP contribution is 2.24. The standard InChI is InChI=1S/C13H19FN2O3/c1-2-8(3-4-17)7-16-12-6-10(14)9(13(18)19)5-11(12)15/h5-6,8,16-17H,2-4,7,15H2,1H3,(H,18,19). The van der Waals surface area contributed by atoms with Crippen molar-refractivity contribution in [2.45, 2.75) is 19.8 Å². The number of hydrogen-bond donors (Lipinski definition) is 4. The topological polar surface area (TPSA) is 95.6 Å². The maximum absolute atomic E-state index is 13.5. The summed E-state index contributed by atoms with van der Waals surface area (Å²) < 4.78 is 13.5. The predicted molar refractivity (Wildman–Crippen MR) is 71.7 cm³/mol. The Kier molecular flexibility index (Phi) is 5.57. The summed E-state index contributed by atoms with van der Waals surface area (Å²) in [5.41, 5.74) is 5.81. The average molecular weight is 270 g/mol. The quantitative estimate of drug-likeness (QED) is 0.568. The van der Waals surface area contributed by atoms with E-state index in [9.17, 15) is 9.18 Å². The van der Waals surface area contributed by atoms with E-state index in [0.29, 0.717) is 18.7 Å². The number of halogens is 1. The van der Waals surface area contributed by atoms with Gasteiger partial charge in [-0.3, -0.25) is 0 Å². The molecule has 0 fully saturated rings. The Balaban J connectivity index is 2.79. The summed E-state index contributed by atoms with van der Waals surface area (Å²) in [7, 11) is 0. The van der Waals surface area contributed by atoms with Gasteiger partial charge in [0.1, 0.15) is 5.82 Å². The minimum Gasteiger partial charge on any atom is -0.478 e. The molecule has 5 nitrogen and oxygen atoms in total. The first-order valence-corrected chi connectivity index (χ1v) is 6.16. The lowest BCUT2D eigenvalue weighted by Gasteiger charge is -2.16. The van der Waals surface area contributed by atoms with Gasteiger partial charge >= 0.3 is 5.97 Å². The number of benzene rings is 1. The van der Waals surface area contributed by atoms with Gasteiger partial charge < -0.3 is 21.3 Å². The monoisotopic (exact) mass is 270 g/mol. The van der Waals surface area contributed by atoms with Crippen LogP contribution in [0.3, 0.4) is 0 Å². The van der Waals surface area contributed by atoms with Crippen LogP contribution in [-0.4, -0.2) is 29.3 Å². The zero-order valence-electron chi connectivity index (χ0n) is 10.8. The van der Waals surface area contributed by atoms with E-state index in [-0.39, 0.29) is 18.2 Å². The molecule has 6 heteroatoms. The molecule has 106 valence electrons. The third-order valence-electron chi connectivity index (χ3n) is 3.07. The number of anilines is 2. The number of nitrogens with one attached hydrogen (secondary N) is 1. The maximum Gasteiger partial charge on any atom is 0.338 e. The van der Waals surface area contributed by atoms with Gasteiger partial charge in [0.25, 0.3) is 0 Å². The fourth-order valence-corrected chi connectivity index (χ4v) is 1.79. The van der Waals surface area contributed by atoms with Crippen molar-refractivity contribution in [3.63, 3.8) is 0 Å². The molecular weight excluding hydrogens is 251 g/mol. The fourth-order valence-electron chi connectivity index (χ4n) is 1.79. The number of carboxylic acids is 1. The van der Waals surface area contributed by atoms with E-state index in [1.807, 2.05) is 6.92 Å². The number of nitrogens with two attached hydrogens (primary N) is 1. The van der Waals surface area contributed by atoms with Crippen molar-refractivity contribution in [1.82, 2.24) is 0 Å². The van der Waals surface area contributed by atoms with E-state index in [1.165, 1.54) is 0 Å². The summed E-state index contributed by atoms with van der Waals surface area (Å²) >= 11 is 0. The second-order valence-corrected chi connectivity index (χ2v) is 4.39. The van der Waals surface area contributed by atoms with Crippen LogP contribution in [0.2, 0.25) is 0 Å². The molecule has 1 rings (SSSR count). The highest BCUT2D eigenvalue weighted by Gasteiger charge is 2.14. The Bertz CT molecular complexity index is 452. The van der Waals surface area contributed by atoms with Crippen LogP contribution in [0.25, 0.3) is 0 Å². The number of aliphatic hydroxyl groups excluding tert-OH is 1. The van der Waals surface area contributed by atoms with E-state index >= 15 is 0 Å². The van der Waals surface area contributed by atoms with Crippen LogP contribution in [0, 0.1) is 11.7 Å². The molecule has 1 atom stereocenters. The highest BCUT2D eigenvalue weighted by molar-refractivity contribution is 5.90. The molecule has 0 spiro atoms. The third-order valence-corrected chi connectivity index (χ3v) is 3.07. The van der Waals surface area contributed by atoms with E-state index in [0.717, 1.165) is 18.6 Å². The smallest absolute Gasteiger partial charge is 0.338 e. The molecule has 1 aromatic rings. The van der Waals surface area contributed by atoms with Crippen LogP contribution in [0.4, 0.5) is 15.8 Å². The van der Waals surface area contributed by atoms with Gasteiger partial charge in [-0.25, -0.2) is 9.18 Å². The first-order valence-electron chi connectivity index (χ1n) is 6.16. The second kappa shape index (κ2) is 6.94. The normalized spacial score (nSPS) is 12.2. The lowest BCUT2D eigenvalue weighted by molar-refractivity contribution is 0.0692. The Morgan fingerprint density at radius 3 is 2.74 bits per heavy atom. The number of hydrogen-bond acceptors (Lipinski definition) is 4. The molecule has 5 N–H and O–H groups in total. The predicted octanol–water partition coefficient (Wildman–Crippen LogP) is 1.93. The minimum absolute atomic E-state index is 0.0992. The van der Waals surface area contributed by atoms with Gasteiger partial charge in [-0.15, -0.1) is 0 Å². The molecule has 0 amide bonds. The molecule has 0 aliphatic carbocycles. The highest BCUT2D eigenvalue weighted by atomic mass is 19.1. The number of rotatable bonds is 7. The number of nitrogen functional groups attached to an aromatic ring is 1. The number of aromatic carboxylic acids is 1. The number of carboxylic acid groups (broad SMARTS) is 1. The first kappa shape index (κ1) is 15.2. The van der Waals surface area contributed by atoms with Crippen molar-refractivity contribution in [1.29, 1.82) is 0 Å². The van der Waals surface area contributed by atoms with Gasteiger partial charge in [0.2, 0.25) is 0 Å². The largest absolute Gasteiger partial charge is 0.478 e. The van der Waals surface area contributed by atoms with E-state index in [1.54, 1.807) is 0 Å². The Morgan fingerprint density at radius 1 is 1.53 bits per heavy atom. The zero-order chi connectivity index (χ0) is 14.4. The lowest BCUT2D eigenvalue weighted by Crippen LogP contribution is -2.16. The van der Waals surface area contributed by atoms with Crippen molar-refractivity contribution >= 4 is 17.3 Å². The maximum atomic E-state index is 13.5. The van der Waals surface area contributed by atoms with E-state index < -0.39 is 17.3 Å². The average Bonchev–Trinajstić information content (AvgIpc) is 2.37. The molecule has 0 saturated carbocycles. The summed E-state index contributed by atoms with van der Waals surface area (Å²) in [5, 5.41) is 20.6. The molecule has 0 aliphatic rings. The summed E-state index contributed by atoms with van der Waals surface area (Å²) in [6, 6.07) is 2.19. The van der Waals surface area contributed by atoms with Gasteiger partial charge in [0.15, 0.2) is 0 Å². The van der Waals surface area contributed by atoms with Crippen LogP contribution < -0.4 is 11.1 Å². The molecule has 0 radical (unpaired) electrons. The van der Waals surface area contributed by atoms with Crippen LogP contribution in [0.1, 0.15) is 30.1 Å². The molecule has 0 heterocycles. The SMILES string of the molecule is CCC(CCO)CNc1cc(F)c(C(=O)O)cc1N. The summed E-state index contributed by atoms with van der Waals surface area (Å²) in [6.45, 7) is 2.65. The van der Waals surface area contributed by atoms with Crippen LogP contribution >= 0.6 is 0 Å². The molecule has 19 heavy (non-hydrogen) atoms. The van der Waals surface area contributed by atoms with Gasteiger partial charge in [-0.2, -0.15) is 0 Å². The summed E-state index contributed by atoms with van der Waals surface area (Å²) in [6.07, 6.45) is 1.53. The third kappa shape index (κ3) is 4.10. The zero-order valence-corrected chi connectivity index (χ0v) is 10.8. The Labute approximate surface area is 111 Å². The minimum atomic E-state index is -1.34. The van der Waals surface area contributed by atoms with Crippen LogP contribution in [-0.2, 0) is 0 Å². The van der Waals surface area contributed by atoms with Crippen molar-refractivity contribution in [2.75, 3.05) is 24.2 Å². The molecule has 0 aliphatic heterocycles. The summed E-state index contributed by atoms with van der Waals surface area (Å²) in [5.74, 6) is -1.91.